The highest BCUT2D eigenvalue weighted by Gasteiger charge is 2.15. The minimum absolute atomic E-state index is 0.0985. The number of ether oxygens (including phenoxy) is 1. The van der Waals surface area contributed by atoms with Crippen molar-refractivity contribution >= 4 is 18.0 Å². The van der Waals surface area contributed by atoms with Crippen LogP contribution >= 0.6 is 0 Å². The van der Waals surface area contributed by atoms with Gasteiger partial charge in [0, 0.05) is 13.1 Å². The number of hydrogen-bond donors (Lipinski definition) is 0. The van der Waals surface area contributed by atoms with Gasteiger partial charge in [-0.3, -0.25) is 4.79 Å². The molecule has 7 heteroatoms. The minimum atomic E-state index is -0.389. The number of benzene rings is 2. The zero-order valence-corrected chi connectivity index (χ0v) is 16.5. The maximum atomic E-state index is 12.5. The Morgan fingerprint density at radius 1 is 1.10 bits per heavy atom. The van der Waals surface area contributed by atoms with Crippen LogP contribution in [0.15, 0.2) is 67.3 Å². The number of amides is 1. The van der Waals surface area contributed by atoms with E-state index in [0.717, 1.165) is 16.8 Å². The number of nitrogens with zero attached hydrogens (tertiary/aromatic N) is 4. The van der Waals surface area contributed by atoms with Gasteiger partial charge in [0.2, 0.25) is 5.91 Å². The molecule has 0 aliphatic carbocycles. The first-order valence-electron chi connectivity index (χ1n) is 9.08. The Morgan fingerprint density at radius 3 is 2.38 bits per heavy atom. The second-order valence-corrected chi connectivity index (χ2v) is 6.50. The largest absolute Gasteiger partial charge is 0.465 e. The zero-order chi connectivity index (χ0) is 20.8. The van der Waals surface area contributed by atoms with E-state index >= 15 is 0 Å². The molecule has 0 saturated carbocycles. The number of hydrogen-bond acceptors (Lipinski definition) is 5. The molecule has 0 fully saturated rings. The third-order valence-corrected chi connectivity index (χ3v) is 4.74. The standard InChI is InChI=1S/C22H22N4O3/c1-16(18-9-11-20(12-10-18)26-15-23-14-24-26)25(2)21(27)13-6-17-4-7-19(8-5-17)22(28)29-3/h4-16H,1-3H3. The van der Waals surface area contributed by atoms with Crippen LogP contribution in [0, 0.1) is 0 Å². The first kappa shape index (κ1) is 20.0. The van der Waals surface area contributed by atoms with Crippen LogP contribution in [0.3, 0.4) is 0 Å². The quantitative estimate of drug-likeness (QED) is 0.477. The first-order valence-corrected chi connectivity index (χ1v) is 9.08. The average Bonchev–Trinajstić information content (AvgIpc) is 3.31. The molecule has 1 aromatic heterocycles. The molecule has 29 heavy (non-hydrogen) atoms. The lowest BCUT2D eigenvalue weighted by Crippen LogP contribution is -2.27. The predicted molar refractivity (Wildman–Crippen MR) is 109 cm³/mol. The monoisotopic (exact) mass is 390 g/mol. The fourth-order valence-corrected chi connectivity index (χ4v) is 2.79. The summed E-state index contributed by atoms with van der Waals surface area (Å²) in [6.45, 7) is 1.97. The normalized spacial score (nSPS) is 12.0. The van der Waals surface area contributed by atoms with Crippen LogP contribution in [0.4, 0.5) is 0 Å². The molecule has 0 bridgehead atoms. The fourth-order valence-electron chi connectivity index (χ4n) is 2.79. The van der Waals surface area contributed by atoms with E-state index in [0.29, 0.717) is 5.56 Å². The van der Waals surface area contributed by atoms with Crippen molar-refractivity contribution < 1.29 is 14.3 Å². The summed E-state index contributed by atoms with van der Waals surface area (Å²) in [4.78, 5) is 29.6. The van der Waals surface area contributed by atoms with E-state index in [1.165, 1.54) is 19.5 Å². The van der Waals surface area contributed by atoms with Gasteiger partial charge in [-0.15, -0.1) is 0 Å². The SMILES string of the molecule is COC(=O)c1ccc(C=CC(=O)N(C)C(C)c2ccc(-n3cncn3)cc2)cc1. The highest BCUT2D eigenvalue weighted by atomic mass is 16.5. The molecule has 1 unspecified atom stereocenters. The molecule has 0 spiro atoms. The van der Waals surface area contributed by atoms with Crippen molar-refractivity contribution in [2.24, 2.45) is 0 Å². The summed E-state index contributed by atoms with van der Waals surface area (Å²) in [5.74, 6) is -0.505. The van der Waals surface area contributed by atoms with Crippen molar-refractivity contribution in [3.05, 3.63) is 84.0 Å². The molecule has 2 aromatic carbocycles. The van der Waals surface area contributed by atoms with Crippen molar-refractivity contribution in [2.75, 3.05) is 14.2 Å². The summed E-state index contributed by atoms with van der Waals surface area (Å²) >= 11 is 0. The van der Waals surface area contributed by atoms with E-state index in [4.69, 9.17) is 0 Å². The molecular formula is C22H22N4O3. The van der Waals surface area contributed by atoms with Gasteiger partial charge in [0.15, 0.2) is 0 Å². The molecule has 0 aliphatic rings. The van der Waals surface area contributed by atoms with Gasteiger partial charge >= 0.3 is 5.97 Å². The van der Waals surface area contributed by atoms with Gasteiger partial charge in [0.05, 0.1) is 24.4 Å². The van der Waals surface area contributed by atoms with Gasteiger partial charge < -0.3 is 9.64 Å². The van der Waals surface area contributed by atoms with Gasteiger partial charge in [0.1, 0.15) is 12.7 Å². The Bertz CT molecular complexity index is 994. The van der Waals surface area contributed by atoms with E-state index in [1.807, 2.05) is 31.2 Å². The molecule has 3 aromatic rings. The lowest BCUT2D eigenvalue weighted by atomic mass is 10.1. The van der Waals surface area contributed by atoms with E-state index in [1.54, 1.807) is 53.3 Å². The fraction of sp³-hybridized carbons (Fsp3) is 0.182. The molecule has 1 amide bonds. The summed E-state index contributed by atoms with van der Waals surface area (Å²) < 4.78 is 6.35. The molecule has 1 heterocycles. The van der Waals surface area contributed by atoms with E-state index in [2.05, 4.69) is 14.8 Å². The number of carbonyl (C=O) groups is 2. The van der Waals surface area contributed by atoms with E-state index in [9.17, 15) is 9.59 Å². The smallest absolute Gasteiger partial charge is 0.337 e. The lowest BCUT2D eigenvalue weighted by molar-refractivity contribution is -0.126. The molecule has 148 valence electrons. The second kappa shape index (κ2) is 8.97. The molecule has 0 N–H and O–H groups in total. The predicted octanol–water partition coefficient (Wildman–Crippen LogP) is 3.29. The Morgan fingerprint density at radius 2 is 1.79 bits per heavy atom. The third kappa shape index (κ3) is 4.76. The Kier molecular flexibility index (Phi) is 6.19. The highest BCUT2D eigenvalue weighted by molar-refractivity contribution is 5.92. The third-order valence-electron chi connectivity index (χ3n) is 4.74. The second-order valence-electron chi connectivity index (χ2n) is 6.50. The number of esters is 1. The number of carbonyl (C=O) groups excluding carboxylic acids is 2. The van der Waals surface area contributed by atoms with Crippen molar-refractivity contribution in [3.63, 3.8) is 0 Å². The van der Waals surface area contributed by atoms with Crippen LogP contribution in [0.25, 0.3) is 11.8 Å². The molecular weight excluding hydrogens is 368 g/mol. The average molecular weight is 390 g/mol. The lowest BCUT2D eigenvalue weighted by Gasteiger charge is -2.24. The van der Waals surface area contributed by atoms with Crippen molar-refractivity contribution in [2.45, 2.75) is 13.0 Å². The van der Waals surface area contributed by atoms with E-state index < -0.39 is 0 Å². The van der Waals surface area contributed by atoms with Gasteiger partial charge in [-0.25, -0.2) is 14.5 Å². The minimum Gasteiger partial charge on any atom is -0.465 e. The number of rotatable bonds is 6. The van der Waals surface area contributed by atoms with Crippen LogP contribution in [-0.2, 0) is 9.53 Å². The van der Waals surface area contributed by atoms with Crippen LogP contribution in [0.2, 0.25) is 0 Å². The van der Waals surface area contributed by atoms with Crippen molar-refractivity contribution in [3.8, 4) is 5.69 Å². The summed E-state index contributed by atoms with van der Waals surface area (Å²) in [6.07, 6.45) is 6.36. The summed E-state index contributed by atoms with van der Waals surface area (Å²) in [6, 6.07) is 14.6. The molecule has 7 nitrogen and oxygen atoms in total. The maximum Gasteiger partial charge on any atom is 0.337 e. The van der Waals surface area contributed by atoms with Crippen LogP contribution < -0.4 is 0 Å². The van der Waals surface area contributed by atoms with Gasteiger partial charge in [-0.2, -0.15) is 5.10 Å². The number of likely N-dealkylation sites (N-methyl/N-ethyl adjacent to an activating group) is 1. The topological polar surface area (TPSA) is 77.3 Å². The molecule has 0 radical (unpaired) electrons. The Hall–Kier alpha value is -3.74. The summed E-state index contributed by atoms with van der Waals surface area (Å²) in [5.41, 5.74) is 3.21. The van der Waals surface area contributed by atoms with Crippen LogP contribution in [0.5, 0.6) is 0 Å². The van der Waals surface area contributed by atoms with Crippen molar-refractivity contribution in [1.82, 2.24) is 19.7 Å². The molecule has 0 aliphatic heterocycles. The Labute approximate surface area is 169 Å². The van der Waals surface area contributed by atoms with Crippen LogP contribution in [0.1, 0.15) is 34.5 Å². The zero-order valence-electron chi connectivity index (χ0n) is 16.5. The van der Waals surface area contributed by atoms with Crippen molar-refractivity contribution in [1.29, 1.82) is 0 Å². The van der Waals surface area contributed by atoms with E-state index in [-0.39, 0.29) is 17.9 Å². The maximum absolute atomic E-state index is 12.5. The number of aromatic nitrogens is 3. The van der Waals surface area contributed by atoms with Gasteiger partial charge in [0.25, 0.3) is 0 Å². The van der Waals surface area contributed by atoms with Gasteiger partial charge in [-0.1, -0.05) is 24.3 Å². The molecule has 0 saturated heterocycles. The first-order chi connectivity index (χ1) is 14.0. The number of methoxy groups -OCH3 is 1. The highest BCUT2D eigenvalue weighted by Crippen LogP contribution is 2.21. The van der Waals surface area contributed by atoms with Gasteiger partial charge in [-0.05, 0) is 48.4 Å². The molecule has 3 rings (SSSR count). The molecule has 1 atom stereocenters. The Balaban J connectivity index is 1.64. The summed E-state index contributed by atoms with van der Waals surface area (Å²) in [7, 11) is 3.11. The summed E-state index contributed by atoms with van der Waals surface area (Å²) in [5, 5.41) is 4.10. The van der Waals surface area contributed by atoms with Crippen LogP contribution in [-0.4, -0.2) is 45.7 Å².